The molecule has 0 saturated carbocycles. The molecule has 0 amide bonds. The molecule has 1 aliphatic rings. The van der Waals surface area contributed by atoms with E-state index in [0.29, 0.717) is 29.0 Å². The summed E-state index contributed by atoms with van der Waals surface area (Å²) in [5.41, 5.74) is 4.51. The SMILES string of the molecule is CCCCOC(=O)C1=C(C)Nc2nc(SCc3ccccc3Cl)nn2C1c1ccc(CC)cc1. The molecule has 0 spiro atoms. The van der Waals surface area contributed by atoms with Crippen LogP contribution in [0.25, 0.3) is 0 Å². The lowest BCUT2D eigenvalue weighted by Crippen LogP contribution is -2.29. The Morgan fingerprint density at radius 1 is 1.18 bits per heavy atom. The van der Waals surface area contributed by atoms with E-state index in [1.165, 1.54) is 17.3 Å². The predicted octanol–water partition coefficient (Wildman–Crippen LogP) is 6.42. The lowest BCUT2D eigenvalue weighted by atomic mass is 9.95. The lowest BCUT2D eigenvalue weighted by molar-refractivity contribution is -0.139. The largest absolute Gasteiger partial charge is 0.462 e. The minimum Gasteiger partial charge on any atom is -0.462 e. The molecule has 0 saturated heterocycles. The normalized spacial score (nSPS) is 15.1. The molecule has 6 nitrogen and oxygen atoms in total. The quantitative estimate of drug-likeness (QED) is 0.209. The van der Waals surface area contributed by atoms with Crippen molar-refractivity contribution in [2.75, 3.05) is 11.9 Å². The zero-order chi connectivity index (χ0) is 24.1. The molecule has 0 radical (unpaired) electrons. The van der Waals surface area contributed by atoms with Crippen LogP contribution in [0.4, 0.5) is 5.95 Å². The van der Waals surface area contributed by atoms with Gasteiger partial charge in [-0.2, -0.15) is 4.98 Å². The van der Waals surface area contributed by atoms with Gasteiger partial charge < -0.3 is 10.1 Å². The van der Waals surface area contributed by atoms with E-state index in [4.69, 9.17) is 26.4 Å². The summed E-state index contributed by atoms with van der Waals surface area (Å²) >= 11 is 7.82. The van der Waals surface area contributed by atoms with Gasteiger partial charge in [0.1, 0.15) is 6.04 Å². The molecule has 1 aromatic heterocycles. The molecule has 34 heavy (non-hydrogen) atoms. The van der Waals surface area contributed by atoms with Gasteiger partial charge in [0.15, 0.2) is 0 Å². The number of carbonyl (C=O) groups is 1. The van der Waals surface area contributed by atoms with E-state index in [1.807, 2.05) is 31.2 Å². The summed E-state index contributed by atoms with van der Waals surface area (Å²) < 4.78 is 7.40. The first-order valence-electron chi connectivity index (χ1n) is 11.6. The third kappa shape index (κ3) is 5.31. The van der Waals surface area contributed by atoms with E-state index in [9.17, 15) is 4.79 Å². The monoisotopic (exact) mass is 496 g/mol. The number of ether oxygens (including phenoxy) is 1. The Morgan fingerprint density at radius 2 is 1.94 bits per heavy atom. The zero-order valence-corrected chi connectivity index (χ0v) is 21.2. The van der Waals surface area contributed by atoms with Crippen molar-refractivity contribution in [1.82, 2.24) is 14.8 Å². The maximum atomic E-state index is 13.2. The second-order valence-electron chi connectivity index (χ2n) is 8.19. The van der Waals surface area contributed by atoms with Crippen LogP contribution in [0.1, 0.15) is 56.3 Å². The summed E-state index contributed by atoms with van der Waals surface area (Å²) in [5, 5.41) is 9.38. The number of hydrogen-bond donors (Lipinski definition) is 1. The summed E-state index contributed by atoms with van der Waals surface area (Å²) in [4.78, 5) is 17.9. The third-order valence-electron chi connectivity index (χ3n) is 5.80. The van der Waals surface area contributed by atoms with Gasteiger partial charge in [-0.3, -0.25) is 0 Å². The summed E-state index contributed by atoms with van der Waals surface area (Å²) in [7, 11) is 0. The molecule has 4 rings (SSSR count). The predicted molar refractivity (Wildman–Crippen MR) is 137 cm³/mol. The van der Waals surface area contributed by atoms with Crippen molar-refractivity contribution in [2.45, 2.75) is 57.0 Å². The van der Waals surface area contributed by atoms with Crippen molar-refractivity contribution in [3.05, 3.63) is 81.5 Å². The molecule has 0 aliphatic carbocycles. The van der Waals surface area contributed by atoms with Gasteiger partial charge in [0.05, 0.1) is 12.2 Å². The summed E-state index contributed by atoms with van der Waals surface area (Å²) in [6.45, 7) is 6.48. The molecular formula is C26H29ClN4O2S. The number of nitrogens with zero attached hydrogens (tertiary/aromatic N) is 3. The van der Waals surface area contributed by atoms with Crippen molar-refractivity contribution in [3.8, 4) is 0 Å². The highest BCUT2D eigenvalue weighted by Gasteiger charge is 2.35. The van der Waals surface area contributed by atoms with Crippen LogP contribution in [0, 0.1) is 0 Å². The second kappa shape index (κ2) is 11.1. The minimum absolute atomic E-state index is 0.325. The van der Waals surface area contributed by atoms with E-state index in [2.05, 4.69) is 43.4 Å². The van der Waals surface area contributed by atoms with Gasteiger partial charge >= 0.3 is 5.97 Å². The molecule has 1 atom stereocenters. The Bertz CT molecular complexity index is 1190. The van der Waals surface area contributed by atoms with Gasteiger partial charge in [-0.1, -0.05) is 86.1 Å². The first kappa shape index (κ1) is 24.4. The molecule has 2 aromatic carbocycles. The van der Waals surface area contributed by atoms with Crippen molar-refractivity contribution >= 4 is 35.3 Å². The molecule has 8 heteroatoms. The van der Waals surface area contributed by atoms with Gasteiger partial charge in [0, 0.05) is 16.5 Å². The number of rotatable bonds is 9. The fourth-order valence-corrected chi connectivity index (χ4v) is 4.96. The van der Waals surface area contributed by atoms with Gasteiger partial charge in [0.2, 0.25) is 11.1 Å². The van der Waals surface area contributed by atoms with Gasteiger partial charge in [-0.05, 0) is 42.5 Å². The molecule has 0 fully saturated rings. The Balaban J connectivity index is 1.66. The molecule has 1 aliphatic heterocycles. The topological polar surface area (TPSA) is 69.0 Å². The van der Waals surface area contributed by atoms with E-state index in [0.717, 1.165) is 41.1 Å². The Kier molecular flexibility index (Phi) is 7.95. The maximum absolute atomic E-state index is 13.2. The van der Waals surface area contributed by atoms with Crippen molar-refractivity contribution in [3.63, 3.8) is 0 Å². The zero-order valence-electron chi connectivity index (χ0n) is 19.7. The van der Waals surface area contributed by atoms with E-state index in [1.54, 1.807) is 4.68 Å². The lowest BCUT2D eigenvalue weighted by Gasteiger charge is -2.28. The van der Waals surface area contributed by atoms with Crippen LogP contribution >= 0.6 is 23.4 Å². The van der Waals surface area contributed by atoms with E-state index in [-0.39, 0.29) is 5.97 Å². The van der Waals surface area contributed by atoms with Crippen molar-refractivity contribution < 1.29 is 9.53 Å². The molecule has 1 N–H and O–H groups in total. The average molecular weight is 497 g/mol. The molecule has 1 unspecified atom stereocenters. The Labute approximate surface area is 209 Å². The smallest absolute Gasteiger partial charge is 0.338 e. The number of thioether (sulfide) groups is 1. The van der Waals surface area contributed by atoms with Gasteiger partial charge in [-0.15, -0.1) is 5.10 Å². The van der Waals surface area contributed by atoms with Crippen LogP contribution in [0.3, 0.4) is 0 Å². The van der Waals surface area contributed by atoms with Crippen LogP contribution in [-0.2, 0) is 21.7 Å². The first-order chi connectivity index (χ1) is 16.5. The summed E-state index contributed by atoms with van der Waals surface area (Å²) in [6, 6.07) is 15.6. The molecule has 3 aromatic rings. The number of aryl methyl sites for hydroxylation is 1. The Morgan fingerprint density at radius 3 is 2.65 bits per heavy atom. The van der Waals surface area contributed by atoms with Crippen LogP contribution in [0.5, 0.6) is 0 Å². The number of unbranched alkanes of at least 4 members (excludes halogenated alkanes) is 1. The van der Waals surface area contributed by atoms with E-state index >= 15 is 0 Å². The highest BCUT2D eigenvalue weighted by atomic mass is 35.5. The number of allylic oxidation sites excluding steroid dienone is 1. The molecule has 178 valence electrons. The van der Waals surface area contributed by atoms with Crippen LogP contribution < -0.4 is 5.32 Å². The fraction of sp³-hybridized carbons (Fsp3) is 0.346. The van der Waals surface area contributed by atoms with Crippen molar-refractivity contribution in [2.24, 2.45) is 0 Å². The number of hydrogen-bond acceptors (Lipinski definition) is 6. The standard InChI is InChI=1S/C26H29ClN4O2S/c1-4-6-15-33-24(32)22-17(3)28-25-29-26(34-16-20-9-7-8-10-21(20)27)30-31(25)23(22)19-13-11-18(5-2)12-14-19/h7-14,23H,4-6,15-16H2,1-3H3,(H,28,29,30). The highest BCUT2D eigenvalue weighted by molar-refractivity contribution is 7.98. The third-order valence-corrected chi connectivity index (χ3v) is 7.06. The number of halogens is 1. The van der Waals surface area contributed by atoms with Crippen LogP contribution in [-0.4, -0.2) is 27.3 Å². The summed E-state index contributed by atoms with van der Waals surface area (Å²) in [6.07, 6.45) is 2.74. The second-order valence-corrected chi connectivity index (χ2v) is 9.54. The number of anilines is 1. The number of fused-ring (bicyclic) bond motifs is 1. The number of benzene rings is 2. The highest BCUT2D eigenvalue weighted by Crippen LogP contribution is 2.37. The minimum atomic E-state index is -0.418. The van der Waals surface area contributed by atoms with Gasteiger partial charge in [0.25, 0.3) is 0 Å². The van der Waals surface area contributed by atoms with Crippen LogP contribution in [0.2, 0.25) is 5.02 Å². The molecule has 2 heterocycles. The van der Waals surface area contributed by atoms with Crippen molar-refractivity contribution in [1.29, 1.82) is 0 Å². The number of nitrogens with one attached hydrogen (secondary N) is 1. The van der Waals surface area contributed by atoms with Gasteiger partial charge in [-0.25, -0.2) is 9.48 Å². The Hall–Kier alpha value is -2.77. The average Bonchev–Trinajstić information content (AvgIpc) is 3.25. The first-order valence-corrected chi connectivity index (χ1v) is 12.9. The molecule has 0 bridgehead atoms. The fourth-order valence-electron chi connectivity index (χ4n) is 3.85. The number of carbonyl (C=O) groups excluding carboxylic acids is 1. The maximum Gasteiger partial charge on any atom is 0.338 e. The van der Waals surface area contributed by atoms with Crippen LogP contribution in [0.15, 0.2) is 65.0 Å². The van der Waals surface area contributed by atoms with E-state index < -0.39 is 6.04 Å². The summed E-state index contributed by atoms with van der Waals surface area (Å²) in [5.74, 6) is 0.931. The molecular weight excluding hydrogens is 468 g/mol. The number of esters is 1. The number of aromatic nitrogens is 3.